The molecule has 0 radical (unpaired) electrons. The van der Waals surface area contributed by atoms with Gasteiger partial charge in [0.25, 0.3) is 11.8 Å². The van der Waals surface area contributed by atoms with Crippen molar-refractivity contribution in [3.8, 4) is 0 Å². The number of carboxylic acid groups (broad SMARTS) is 1. The third-order valence-corrected chi connectivity index (χ3v) is 6.21. The number of fused-ring (bicyclic) bond motifs is 1. The van der Waals surface area contributed by atoms with E-state index in [1.165, 1.54) is 0 Å². The summed E-state index contributed by atoms with van der Waals surface area (Å²) in [6, 6.07) is 5.97. The van der Waals surface area contributed by atoms with Gasteiger partial charge in [-0.1, -0.05) is 18.9 Å². The molecule has 28 heavy (non-hydrogen) atoms. The van der Waals surface area contributed by atoms with Crippen molar-refractivity contribution in [2.45, 2.75) is 63.1 Å². The van der Waals surface area contributed by atoms with Crippen molar-refractivity contribution in [2.75, 3.05) is 11.9 Å². The number of ether oxygens (including phenoxy) is 1. The van der Waals surface area contributed by atoms with Crippen LogP contribution in [0.5, 0.6) is 0 Å². The Bertz CT molecular complexity index is 774. The third kappa shape index (κ3) is 3.63. The largest absolute Gasteiger partial charge is 0.480 e. The van der Waals surface area contributed by atoms with Gasteiger partial charge in [0.1, 0.15) is 12.1 Å². The molecule has 4 unspecified atom stereocenters. The molecule has 1 aromatic carbocycles. The predicted molar refractivity (Wildman–Crippen MR) is 102 cm³/mol. The lowest BCUT2D eigenvalue weighted by atomic mass is 9.84. The van der Waals surface area contributed by atoms with E-state index in [9.17, 15) is 19.5 Å². The van der Waals surface area contributed by atoms with Crippen LogP contribution in [0, 0.1) is 5.92 Å². The minimum absolute atomic E-state index is 0.00696. The molecule has 2 N–H and O–H groups in total. The number of nitrogens with one attached hydrogen (secondary N) is 1. The van der Waals surface area contributed by atoms with Crippen LogP contribution in [0.1, 0.15) is 55.3 Å². The summed E-state index contributed by atoms with van der Waals surface area (Å²) >= 11 is 0. The van der Waals surface area contributed by atoms with E-state index in [0.29, 0.717) is 30.7 Å². The molecule has 0 aromatic heterocycles. The molecule has 4 atom stereocenters. The van der Waals surface area contributed by atoms with E-state index < -0.39 is 18.1 Å². The first-order valence-corrected chi connectivity index (χ1v) is 10.1. The van der Waals surface area contributed by atoms with Gasteiger partial charge in [0.2, 0.25) is 0 Å². The number of benzene rings is 1. The number of amides is 2. The number of nitrogens with zero attached hydrogens (tertiary/aromatic N) is 1. The van der Waals surface area contributed by atoms with Crippen molar-refractivity contribution in [2.24, 2.45) is 5.92 Å². The zero-order valence-corrected chi connectivity index (χ0v) is 15.8. The third-order valence-electron chi connectivity index (χ3n) is 6.21. The second-order valence-corrected chi connectivity index (χ2v) is 7.99. The van der Waals surface area contributed by atoms with Crippen molar-refractivity contribution >= 4 is 23.5 Å². The van der Waals surface area contributed by atoms with E-state index in [4.69, 9.17) is 4.74 Å². The second kappa shape index (κ2) is 7.91. The molecule has 0 bridgehead atoms. The second-order valence-electron chi connectivity index (χ2n) is 7.99. The van der Waals surface area contributed by atoms with Gasteiger partial charge in [0, 0.05) is 23.9 Å². The van der Waals surface area contributed by atoms with Gasteiger partial charge in [0.05, 0.1) is 0 Å². The Morgan fingerprint density at radius 1 is 1.11 bits per heavy atom. The number of anilines is 1. The summed E-state index contributed by atoms with van der Waals surface area (Å²) in [5.74, 6) is -1.15. The SMILES string of the molecule is O=C(Nc1cccc(C(=O)N2C(C(=O)O)CC3CCCCC32)c1)C1CCCO1. The van der Waals surface area contributed by atoms with Crippen LogP contribution in [0.2, 0.25) is 0 Å². The fourth-order valence-electron chi connectivity index (χ4n) is 4.86. The van der Waals surface area contributed by atoms with Crippen molar-refractivity contribution in [3.63, 3.8) is 0 Å². The number of carboxylic acids is 1. The van der Waals surface area contributed by atoms with Crippen LogP contribution in [0.4, 0.5) is 5.69 Å². The minimum atomic E-state index is -0.939. The maximum atomic E-state index is 13.2. The first-order valence-electron chi connectivity index (χ1n) is 10.1. The summed E-state index contributed by atoms with van der Waals surface area (Å²) in [6.07, 6.45) is 5.60. The number of likely N-dealkylation sites (tertiary alicyclic amines) is 1. The number of hydrogen-bond acceptors (Lipinski definition) is 4. The molecule has 2 amide bonds. The Balaban J connectivity index is 1.53. The van der Waals surface area contributed by atoms with Gasteiger partial charge < -0.3 is 20.1 Å². The average molecular weight is 386 g/mol. The lowest BCUT2D eigenvalue weighted by Gasteiger charge is -2.33. The Morgan fingerprint density at radius 2 is 1.93 bits per heavy atom. The number of rotatable bonds is 4. The molecule has 3 fully saturated rings. The van der Waals surface area contributed by atoms with Crippen LogP contribution < -0.4 is 5.32 Å². The molecule has 2 saturated heterocycles. The maximum absolute atomic E-state index is 13.2. The fraction of sp³-hybridized carbons (Fsp3) is 0.571. The summed E-state index contributed by atoms with van der Waals surface area (Å²) < 4.78 is 5.39. The number of carbonyl (C=O) groups excluding carboxylic acids is 2. The highest BCUT2D eigenvalue weighted by Crippen LogP contribution is 2.40. The summed E-state index contributed by atoms with van der Waals surface area (Å²) in [7, 11) is 0. The average Bonchev–Trinajstić information content (AvgIpc) is 3.35. The van der Waals surface area contributed by atoms with Gasteiger partial charge in [-0.3, -0.25) is 9.59 Å². The lowest BCUT2D eigenvalue weighted by Crippen LogP contribution is -2.46. The van der Waals surface area contributed by atoms with Gasteiger partial charge in [0.15, 0.2) is 0 Å². The predicted octanol–water partition coefficient (Wildman–Crippen LogP) is 2.66. The first-order chi connectivity index (χ1) is 13.5. The summed E-state index contributed by atoms with van der Waals surface area (Å²) in [5, 5.41) is 12.5. The van der Waals surface area contributed by atoms with Crippen molar-refractivity contribution < 1.29 is 24.2 Å². The zero-order chi connectivity index (χ0) is 19.7. The van der Waals surface area contributed by atoms with Crippen molar-refractivity contribution in [1.29, 1.82) is 0 Å². The van der Waals surface area contributed by atoms with Gasteiger partial charge in [-0.15, -0.1) is 0 Å². The molecule has 1 aromatic rings. The standard InChI is InChI=1S/C21H26N2O5/c24-19(18-9-4-10-28-18)22-15-7-3-6-14(11-15)20(25)23-16-8-2-1-5-13(16)12-17(23)21(26)27/h3,6-7,11,13,16-18H,1-2,4-5,8-10,12H2,(H,22,24)(H,26,27). The summed E-state index contributed by atoms with van der Waals surface area (Å²) in [4.78, 5) is 38.9. The molecule has 3 aliphatic rings. The Morgan fingerprint density at radius 3 is 2.68 bits per heavy atom. The topological polar surface area (TPSA) is 95.9 Å². The highest BCUT2D eigenvalue weighted by Gasteiger charge is 2.47. The number of aliphatic carboxylic acids is 1. The van der Waals surface area contributed by atoms with E-state index in [1.54, 1.807) is 29.2 Å². The highest BCUT2D eigenvalue weighted by molar-refractivity contribution is 6.00. The molecule has 0 spiro atoms. The fourth-order valence-corrected chi connectivity index (χ4v) is 4.86. The van der Waals surface area contributed by atoms with Crippen LogP contribution >= 0.6 is 0 Å². The van der Waals surface area contributed by atoms with Crippen LogP contribution in [0.3, 0.4) is 0 Å². The van der Waals surface area contributed by atoms with Crippen LogP contribution in [0.15, 0.2) is 24.3 Å². The van der Waals surface area contributed by atoms with Gasteiger partial charge >= 0.3 is 5.97 Å². The maximum Gasteiger partial charge on any atom is 0.326 e. The molecule has 150 valence electrons. The minimum Gasteiger partial charge on any atom is -0.480 e. The monoisotopic (exact) mass is 386 g/mol. The van der Waals surface area contributed by atoms with E-state index in [1.807, 2.05) is 0 Å². The van der Waals surface area contributed by atoms with Crippen LogP contribution in [-0.4, -0.2) is 52.6 Å². The Kier molecular flexibility index (Phi) is 5.35. The molecule has 7 heteroatoms. The van der Waals surface area contributed by atoms with Gasteiger partial charge in [-0.2, -0.15) is 0 Å². The van der Waals surface area contributed by atoms with E-state index in [0.717, 1.165) is 32.1 Å². The normalized spacial score (nSPS) is 29.4. The lowest BCUT2D eigenvalue weighted by molar-refractivity contribution is -0.141. The quantitative estimate of drug-likeness (QED) is 0.829. The first kappa shape index (κ1) is 18.9. The molecule has 1 saturated carbocycles. The van der Waals surface area contributed by atoms with E-state index in [2.05, 4.69) is 5.32 Å². The van der Waals surface area contributed by atoms with E-state index in [-0.39, 0.29) is 23.8 Å². The number of carbonyl (C=O) groups is 3. The summed E-state index contributed by atoms with van der Waals surface area (Å²) in [5.41, 5.74) is 0.931. The molecular formula is C21H26N2O5. The Labute approximate surface area is 164 Å². The summed E-state index contributed by atoms with van der Waals surface area (Å²) in [6.45, 7) is 0.588. The van der Waals surface area contributed by atoms with E-state index >= 15 is 0 Å². The number of hydrogen-bond donors (Lipinski definition) is 2. The van der Waals surface area contributed by atoms with Crippen molar-refractivity contribution in [1.82, 2.24) is 4.90 Å². The van der Waals surface area contributed by atoms with Crippen molar-refractivity contribution in [3.05, 3.63) is 29.8 Å². The van der Waals surface area contributed by atoms with Gasteiger partial charge in [-0.25, -0.2) is 4.79 Å². The molecular weight excluding hydrogens is 360 g/mol. The van der Waals surface area contributed by atoms with Crippen LogP contribution in [-0.2, 0) is 14.3 Å². The molecule has 2 aliphatic heterocycles. The smallest absolute Gasteiger partial charge is 0.326 e. The highest BCUT2D eigenvalue weighted by atomic mass is 16.5. The van der Waals surface area contributed by atoms with Gasteiger partial charge in [-0.05, 0) is 56.2 Å². The van der Waals surface area contributed by atoms with Crippen LogP contribution in [0.25, 0.3) is 0 Å². The molecule has 2 heterocycles. The molecule has 1 aliphatic carbocycles. The zero-order valence-electron chi connectivity index (χ0n) is 15.8. The Hall–Kier alpha value is -2.41. The molecule has 7 nitrogen and oxygen atoms in total. The molecule has 4 rings (SSSR count).